The van der Waals surface area contributed by atoms with Crippen molar-refractivity contribution in [2.75, 3.05) is 0 Å². The minimum Gasteiger partial charge on any atom is -0.455 e. The Kier molecular flexibility index (Phi) is 13.7. The summed E-state index contributed by atoms with van der Waals surface area (Å²) in [6, 6.07) is 53.8. The number of fused-ring (bicyclic) bond motifs is 3. The molecular weight excluding hydrogens is 910 g/mol. The van der Waals surface area contributed by atoms with Crippen LogP contribution in [0.25, 0.3) is 66.8 Å². The topological polar surface area (TPSA) is 51.8 Å². The number of halogens is 1. The van der Waals surface area contributed by atoms with Crippen molar-refractivity contribution in [3.8, 4) is 44.9 Å². The molecule has 0 amide bonds. The van der Waals surface area contributed by atoms with Crippen LogP contribution in [0.1, 0.15) is 25.3 Å². The van der Waals surface area contributed by atoms with Crippen LogP contribution in [-0.4, -0.2) is 23.0 Å². The second-order valence-corrected chi connectivity index (χ2v) is 20.3. The molecule has 291 valence electrons. The second kappa shape index (κ2) is 19.1. The minimum atomic E-state index is -1.22. The first-order valence-electron chi connectivity index (χ1n) is 19.3. The van der Waals surface area contributed by atoms with Crippen LogP contribution in [0.4, 0.5) is 4.39 Å². The van der Waals surface area contributed by atoms with E-state index in [0.29, 0.717) is 5.92 Å². The summed E-state index contributed by atoms with van der Waals surface area (Å²) >= 11 is 0. The van der Waals surface area contributed by atoms with E-state index in [0.717, 1.165) is 61.3 Å². The van der Waals surface area contributed by atoms with E-state index in [9.17, 15) is 4.39 Å². The molecule has 4 nitrogen and oxygen atoms in total. The van der Waals surface area contributed by atoms with Gasteiger partial charge in [-0.3, -0.25) is 15.0 Å². The largest absolute Gasteiger partial charge is 0.455 e. The van der Waals surface area contributed by atoms with Gasteiger partial charge in [-0.25, -0.2) is 4.39 Å². The van der Waals surface area contributed by atoms with Crippen molar-refractivity contribution in [1.82, 2.24) is 15.0 Å². The van der Waals surface area contributed by atoms with Crippen LogP contribution in [0.2, 0.25) is 19.6 Å². The summed E-state index contributed by atoms with van der Waals surface area (Å²) in [5, 5.41) is 3.54. The molecule has 0 atom stereocenters. The molecule has 0 unspecified atom stereocenters. The van der Waals surface area contributed by atoms with E-state index in [1.54, 1.807) is 12.1 Å². The molecule has 4 aromatic heterocycles. The zero-order chi connectivity index (χ0) is 39.8. The van der Waals surface area contributed by atoms with Crippen molar-refractivity contribution in [2.24, 2.45) is 0 Å². The maximum atomic E-state index is 13.3. The normalized spacial score (nSPS) is 10.9. The predicted octanol–water partition coefficient (Wildman–Crippen LogP) is 13.6. The molecule has 5 aromatic carbocycles. The molecule has 0 aliphatic heterocycles. The summed E-state index contributed by atoms with van der Waals surface area (Å²) in [5.41, 5.74) is 11.2. The van der Waals surface area contributed by atoms with Crippen molar-refractivity contribution in [1.29, 1.82) is 0 Å². The molecule has 0 saturated carbocycles. The van der Waals surface area contributed by atoms with Crippen LogP contribution in [0.15, 0.2) is 187 Å². The Morgan fingerprint density at radius 3 is 1.76 bits per heavy atom. The van der Waals surface area contributed by atoms with Crippen LogP contribution in [0.3, 0.4) is 0 Å². The number of nitrogens with zero attached hydrogens (tertiary/aromatic N) is 3. The standard InChI is InChI=1S/C26H20FNO.C14H17NSi.C11H9N.Ir/c1-16(2)18-12-13-28-24(14-18)23-5-3-4-22-21-11-8-19(15-25(21)29-26(22)23)17-6-9-20(27)10-7-17;1-16(2,3)13-9-10-14(15-11-13)12-7-5-4-6-8-12;1-2-6-10(7-3-1)11-8-4-5-9-12-11;/h3-16H,1-2H3;4-11H,1-3H3;1-9H;. The summed E-state index contributed by atoms with van der Waals surface area (Å²) in [7, 11) is -1.22. The third-order valence-electron chi connectivity index (χ3n) is 9.84. The third kappa shape index (κ3) is 10.2. The molecule has 0 bridgehead atoms. The fourth-order valence-corrected chi connectivity index (χ4v) is 7.57. The van der Waals surface area contributed by atoms with E-state index < -0.39 is 8.07 Å². The van der Waals surface area contributed by atoms with Gasteiger partial charge in [0, 0.05) is 66.2 Å². The van der Waals surface area contributed by atoms with Gasteiger partial charge in [0.15, 0.2) is 0 Å². The molecule has 9 rings (SSSR count). The smallest absolute Gasteiger partial charge is 0.144 e. The summed E-state index contributed by atoms with van der Waals surface area (Å²) in [6.45, 7) is 11.4. The first kappa shape index (κ1) is 41.8. The summed E-state index contributed by atoms with van der Waals surface area (Å²) in [4.78, 5) is 13.4. The maximum absolute atomic E-state index is 13.3. The molecular formula is C51H46FIrN3OSi. The van der Waals surface area contributed by atoms with Gasteiger partial charge in [-0.1, -0.05) is 137 Å². The predicted molar refractivity (Wildman–Crippen MR) is 239 cm³/mol. The average Bonchev–Trinajstić information content (AvgIpc) is 3.63. The summed E-state index contributed by atoms with van der Waals surface area (Å²) in [6.07, 6.45) is 5.70. The van der Waals surface area contributed by atoms with Gasteiger partial charge in [0.05, 0.1) is 25.2 Å². The van der Waals surface area contributed by atoms with Crippen molar-refractivity contribution < 1.29 is 28.9 Å². The van der Waals surface area contributed by atoms with E-state index in [1.807, 2.05) is 85.3 Å². The van der Waals surface area contributed by atoms with Gasteiger partial charge in [-0.15, -0.1) is 0 Å². The van der Waals surface area contributed by atoms with E-state index in [4.69, 9.17) is 4.42 Å². The van der Waals surface area contributed by atoms with Crippen molar-refractivity contribution in [2.45, 2.75) is 39.4 Å². The number of pyridine rings is 3. The molecule has 4 heterocycles. The van der Waals surface area contributed by atoms with Crippen molar-refractivity contribution in [3.63, 3.8) is 0 Å². The van der Waals surface area contributed by atoms with Crippen LogP contribution >= 0.6 is 0 Å². The molecule has 0 N–H and O–H groups in total. The van der Waals surface area contributed by atoms with E-state index in [2.05, 4.69) is 121 Å². The Morgan fingerprint density at radius 1 is 0.517 bits per heavy atom. The van der Waals surface area contributed by atoms with Gasteiger partial charge in [0.25, 0.3) is 0 Å². The van der Waals surface area contributed by atoms with Crippen LogP contribution < -0.4 is 5.19 Å². The minimum absolute atomic E-state index is 0. The van der Waals surface area contributed by atoms with Gasteiger partial charge < -0.3 is 4.42 Å². The fraction of sp³-hybridized carbons (Fsp3) is 0.118. The molecule has 0 spiro atoms. The summed E-state index contributed by atoms with van der Waals surface area (Å²) < 4.78 is 19.6. The first-order chi connectivity index (χ1) is 27.6. The third-order valence-corrected chi connectivity index (χ3v) is 11.9. The first-order valence-corrected chi connectivity index (χ1v) is 22.8. The molecule has 58 heavy (non-hydrogen) atoms. The number of para-hydroxylation sites is 1. The zero-order valence-corrected chi connectivity index (χ0v) is 36.8. The number of furan rings is 1. The SMILES string of the molecule is CC(C)c1ccnc(-c2cccc3c2oc2cc(-c4ccc(F)cc4)ccc23)c1.C[Si](C)(C)c1ccc(-c2ccccc2)nc1.[Ir].c1ccc(-c2ccccn2)cc1. The molecule has 0 aliphatic carbocycles. The van der Waals surface area contributed by atoms with Crippen LogP contribution in [0, 0.1) is 5.82 Å². The number of hydrogen-bond acceptors (Lipinski definition) is 4. The number of hydrogen-bond donors (Lipinski definition) is 0. The van der Waals surface area contributed by atoms with E-state index >= 15 is 0 Å². The zero-order valence-electron chi connectivity index (χ0n) is 33.4. The Bertz CT molecular complexity index is 2640. The van der Waals surface area contributed by atoms with Crippen molar-refractivity contribution in [3.05, 3.63) is 194 Å². The quantitative estimate of drug-likeness (QED) is 0.156. The molecule has 7 heteroatoms. The molecule has 0 fully saturated rings. The molecule has 0 aliphatic rings. The average molecular weight is 956 g/mol. The van der Waals surface area contributed by atoms with Gasteiger partial charge >= 0.3 is 0 Å². The number of aromatic nitrogens is 3. The Hall–Kier alpha value is -5.85. The monoisotopic (exact) mass is 956 g/mol. The van der Waals surface area contributed by atoms with E-state index in [-0.39, 0.29) is 25.9 Å². The maximum Gasteiger partial charge on any atom is 0.144 e. The van der Waals surface area contributed by atoms with Gasteiger partial charge in [0.2, 0.25) is 0 Å². The van der Waals surface area contributed by atoms with Crippen molar-refractivity contribution >= 4 is 35.2 Å². The second-order valence-electron chi connectivity index (χ2n) is 15.3. The molecule has 0 saturated heterocycles. The fourth-order valence-electron chi connectivity index (χ4n) is 6.53. The number of rotatable bonds is 6. The Labute approximate surface area is 355 Å². The van der Waals surface area contributed by atoms with Crippen LogP contribution in [0.5, 0.6) is 0 Å². The molecule has 9 aromatic rings. The van der Waals surface area contributed by atoms with Gasteiger partial charge in [0.1, 0.15) is 17.0 Å². The number of benzene rings is 5. The van der Waals surface area contributed by atoms with Crippen LogP contribution in [-0.2, 0) is 20.1 Å². The summed E-state index contributed by atoms with van der Waals surface area (Å²) in [5.74, 6) is 0.198. The van der Waals surface area contributed by atoms with Gasteiger partial charge in [-0.05, 0) is 88.5 Å². The van der Waals surface area contributed by atoms with Gasteiger partial charge in [-0.2, -0.15) is 0 Å². The molecule has 1 radical (unpaired) electrons. The Balaban J connectivity index is 0.000000164. The van der Waals surface area contributed by atoms with E-state index in [1.165, 1.54) is 28.4 Å². The Morgan fingerprint density at radius 2 is 1.16 bits per heavy atom.